The first-order valence-electron chi connectivity index (χ1n) is 7.36. The molecular weight excluding hydrogens is 398 g/mol. The molecule has 2 amide bonds. The normalized spacial score (nSPS) is 10.2. The van der Waals surface area contributed by atoms with Gasteiger partial charge < -0.3 is 10.1 Å². The molecule has 0 aliphatic heterocycles. The molecular formula is C17H15BrF2N2O3. The van der Waals surface area contributed by atoms with E-state index >= 15 is 0 Å². The van der Waals surface area contributed by atoms with Gasteiger partial charge in [0.25, 0.3) is 5.91 Å². The van der Waals surface area contributed by atoms with Gasteiger partial charge in [-0.05, 0) is 36.8 Å². The predicted molar refractivity (Wildman–Crippen MR) is 92.3 cm³/mol. The van der Waals surface area contributed by atoms with E-state index in [-0.39, 0.29) is 18.7 Å². The molecule has 2 N–H and O–H groups in total. The average Bonchev–Trinajstić information content (AvgIpc) is 2.58. The Labute approximate surface area is 151 Å². The number of nitrogens with one attached hydrogen (secondary N) is 2. The quantitative estimate of drug-likeness (QED) is 0.771. The molecule has 0 heterocycles. The molecule has 0 aliphatic carbocycles. The lowest BCUT2D eigenvalue weighted by atomic mass is 10.1. The molecule has 0 aliphatic rings. The highest BCUT2D eigenvalue weighted by Gasteiger charge is 2.21. The van der Waals surface area contributed by atoms with Crippen LogP contribution in [-0.4, -0.2) is 18.6 Å². The Balaban J connectivity index is 2.18. The molecule has 0 bridgehead atoms. The van der Waals surface area contributed by atoms with Gasteiger partial charge in [0, 0.05) is 11.0 Å². The first kappa shape index (κ1) is 18.9. The molecule has 2 aromatic carbocycles. The lowest BCUT2D eigenvalue weighted by Gasteiger charge is -2.13. The minimum atomic E-state index is -1.33. The third kappa shape index (κ3) is 4.99. The van der Waals surface area contributed by atoms with Crippen molar-refractivity contribution in [3.63, 3.8) is 0 Å². The highest BCUT2D eigenvalue weighted by molar-refractivity contribution is 9.10. The van der Waals surface area contributed by atoms with E-state index in [1.165, 1.54) is 0 Å². The van der Waals surface area contributed by atoms with Crippen molar-refractivity contribution in [3.05, 3.63) is 63.6 Å². The Hall–Kier alpha value is -2.48. The monoisotopic (exact) mass is 412 g/mol. The van der Waals surface area contributed by atoms with Crippen molar-refractivity contribution in [1.29, 1.82) is 0 Å². The zero-order chi connectivity index (χ0) is 18.4. The SMILES string of the molecule is CCOC(=O)Nc1c(C(=O)NCc2ccc(Br)cc2)ccc(F)c1F. The van der Waals surface area contributed by atoms with Crippen LogP contribution in [-0.2, 0) is 11.3 Å². The maximum Gasteiger partial charge on any atom is 0.411 e. The topological polar surface area (TPSA) is 67.4 Å². The third-order valence-electron chi connectivity index (χ3n) is 3.21. The van der Waals surface area contributed by atoms with E-state index in [2.05, 4.69) is 31.3 Å². The second kappa shape index (κ2) is 8.57. The molecule has 0 radical (unpaired) electrons. The Morgan fingerprint density at radius 1 is 1.12 bits per heavy atom. The van der Waals surface area contributed by atoms with Gasteiger partial charge in [-0.1, -0.05) is 28.1 Å². The van der Waals surface area contributed by atoms with Gasteiger partial charge in [-0.3, -0.25) is 10.1 Å². The number of halogens is 3. The second-order valence-corrected chi connectivity index (χ2v) is 5.85. The van der Waals surface area contributed by atoms with Gasteiger partial charge in [-0.25, -0.2) is 13.6 Å². The molecule has 0 spiro atoms. The summed E-state index contributed by atoms with van der Waals surface area (Å²) >= 11 is 3.31. The molecule has 2 rings (SSSR count). The van der Waals surface area contributed by atoms with Crippen LogP contribution in [0.1, 0.15) is 22.8 Å². The molecule has 5 nitrogen and oxygen atoms in total. The van der Waals surface area contributed by atoms with Crippen LogP contribution in [0.5, 0.6) is 0 Å². The Kier molecular flexibility index (Phi) is 6.46. The van der Waals surface area contributed by atoms with Crippen molar-refractivity contribution in [2.24, 2.45) is 0 Å². The van der Waals surface area contributed by atoms with Gasteiger partial charge in [0.05, 0.1) is 17.9 Å². The second-order valence-electron chi connectivity index (χ2n) is 4.94. The summed E-state index contributed by atoms with van der Waals surface area (Å²) < 4.78 is 33.0. The number of carbonyl (C=O) groups is 2. The lowest BCUT2D eigenvalue weighted by Crippen LogP contribution is -2.26. The van der Waals surface area contributed by atoms with Crippen molar-refractivity contribution in [1.82, 2.24) is 5.32 Å². The summed E-state index contributed by atoms with van der Waals surface area (Å²) in [6.07, 6.45) is -0.978. The zero-order valence-electron chi connectivity index (χ0n) is 13.2. The van der Waals surface area contributed by atoms with Crippen LogP contribution in [0.3, 0.4) is 0 Å². The summed E-state index contributed by atoms with van der Waals surface area (Å²) in [5, 5.41) is 4.66. The lowest BCUT2D eigenvalue weighted by molar-refractivity contribution is 0.0951. The minimum Gasteiger partial charge on any atom is -0.450 e. The smallest absolute Gasteiger partial charge is 0.411 e. The van der Waals surface area contributed by atoms with Crippen LogP contribution in [0.2, 0.25) is 0 Å². The molecule has 2 aromatic rings. The van der Waals surface area contributed by atoms with E-state index in [9.17, 15) is 18.4 Å². The van der Waals surface area contributed by atoms with Gasteiger partial charge >= 0.3 is 6.09 Å². The Morgan fingerprint density at radius 2 is 1.80 bits per heavy atom. The fourth-order valence-electron chi connectivity index (χ4n) is 2.01. The van der Waals surface area contributed by atoms with Crippen molar-refractivity contribution in [2.45, 2.75) is 13.5 Å². The molecule has 8 heteroatoms. The fourth-order valence-corrected chi connectivity index (χ4v) is 2.28. The van der Waals surface area contributed by atoms with Crippen LogP contribution in [0.25, 0.3) is 0 Å². The van der Waals surface area contributed by atoms with Crippen molar-refractivity contribution < 1.29 is 23.1 Å². The average molecular weight is 413 g/mol. The molecule has 25 heavy (non-hydrogen) atoms. The molecule has 0 fully saturated rings. The van der Waals surface area contributed by atoms with Crippen molar-refractivity contribution in [3.8, 4) is 0 Å². The number of ether oxygens (including phenoxy) is 1. The summed E-state index contributed by atoms with van der Waals surface area (Å²) in [4.78, 5) is 23.8. The van der Waals surface area contributed by atoms with E-state index in [0.29, 0.717) is 0 Å². The summed E-state index contributed by atoms with van der Waals surface area (Å²) in [5.41, 5.74) is 0.0508. The first-order chi connectivity index (χ1) is 11.9. The molecule has 0 atom stereocenters. The van der Waals surface area contributed by atoms with E-state index in [1.54, 1.807) is 19.1 Å². The standard InChI is InChI=1S/C17H15BrF2N2O3/c1-2-25-17(24)22-15-12(7-8-13(19)14(15)20)16(23)21-9-10-3-5-11(18)6-4-10/h3-8H,2,9H2,1H3,(H,21,23)(H,22,24). The third-order valence-corrected chi connectivity index (χ3v) is 3.74. The number of amides is 2. The molecule has 0 unspecified atom stereocenters. The van der Waals surface area contributed by atoms with E-state index < -0.39 is 29.3 Å². The van der Waals surface area contributed by atoms with E-state index in [0.717, 1.165) is 22.2 Å². The maximum absolute atomic E-state index is 14.0. The molecule has 0 saturated carbocycles. The van der Waals surface area contributed by atoms with Gasteiger partial charge in [0.1, 0.15) is 0 Å². The fraction of sp³-hybridized carbons (Fsp3) is 0.176. The molecule has 0 saturated heterocycles. The van der Waals surface area contributed by atoms with Crippen LogP contribution < -0.4 is 10.6 Å². The van der Waals surface area contributed by atoms with Crippen molar-refractivity contribution >= 4 is 33.6 Å². The summed E-state index contributed by atoms with van der Waals surface area (Å²) in [6, 6.07) is 9.14. The minimum absolute atomic E-state index is 0.0495. The van der Waals surface area contributed by atoms with Crippen LogP contribution in [0.15, 0.2) is 40.9 Å². The van der Waals surface area contributed by atoms with Gasteiger partial charge in [0.2, 0.25) is 0 Å². The van der Waals surface area contributed by atoms with Crippen LogP contribution in [0, 0.1) is 11.6 Å². The highest BCUT2D eigenvalue weighted by atomic mass is 79.9. The Bertz CT molecular complexity index is 782. The summed E-state index contributed by atoms with van der Waals surface area (Å²) in [7, 11) is 0. The van der Waals surface area contributed by atoms with E-state index in [1.807, 2.05) is 12.1 Å². The van der Waals surface area contributed by atoms with Crippen LogP contribution in [0.4, 0.5) is 19.3 Å². The van der Waals surface area contributed by atoms with Gasteiger partial charge in [-0.15, -0.1) is 0 Å². The first-order valence-corrected chi connectivity index (χ1v) is 8.16. The number of carbonyl (C=O) groups excluding carboxylic acids is 2. The van der Waals surface area contributed by atoms with Crippen molar-refractivity contribution in [2.75, 3.05) is 11.9 Å². The molecule has 0 aromatic heterocycles. The number of anilines is 1. The predicted octanol–water partition coefficient (Wildman–Crippen LogP) is 4.23. The molecule has 132 valence electrons. The summed E-state index contributed by atoms with van der Waals surface area (Å²) in [5.74, 6) is -3.17. The van der Waals surface area contributed by atoms with E-state index in [4.69, 9.17) is 0 Å². The zero-order valence-corrected chi connectivity index (χ0v) is 14.8. The van der Waals surface area contributed by atoms with Gasteiger partial charge in [0.15, 0.2) is 11.6 Å². The maximum atomic E-state index is 14.0. The number of hydrogen-bond donors (Lipinski definition) is 2. The summed E-state index contributed by atoms with van der Waals surface area (Å²) in [6.45, 7) is 1.80. The van der Waals surface area contributed by atoms with Gasteiger partial charge in [-0.2, -0.15) is 0 Å². The van der Waals surface area contributed by atoms with Crippen LogP contribution >= 0.6 is 15.9 Å². The number of hydrogen-bond acceptors (Lipinski definition) is 3. The Morgan fingerprint density at radius 3 is 2.44 bits per heavy atom. The largest absolute Gasteiger partial charge is 0.450 e. The number of rotatable bonds is 5. The number of benzene rings is 2. The highest BCUT2D eigenvalue weighted by Crippen LogP contribution is 2.23.